The minimum atomic E-state index is -3.58. The molecule has 0 amide bonds. The predicted octanol–water partition coefficient (Wildman–Crippen LogP) is 1.04. The van der Waals surface area contributed by atoms with E-state index in [1.807, 2.05) is 0 Å². The van der Waals surface area contributed by atoms with E-state index in [2.05, 4.69) is 9.44 Å². The first-order chi connectivity index (χ1) is 8.23. The summed E-state index contributed by atoms with van der Waals surface area (Å²) in [6.45, 7) is 0. The van der Waals surface area contributed by atoms with Crippen molar-refractivity contribution in [3.8, 4) is 0 Å². The highest BCUT2D eigenvalue weighted by molar-refractivity contribution is 7.93. The molecule has 0 fully saturated rings. The highest BCUT2D eigenvalue weighted by Gasteiger charge is 2.13. The van der Waals surface area contributed by atoms with E-state index in [0.717, 1.165) is 6.26 Å². The standard InChI is InChI=1S/C9H13ClN2O4S2/c1-17(13,14)11-8-4-2-3-5-9(8)12-18(15,16)7-6-10/h2-5,11-12H,6-7H2,1H3. The van der Waals surface area contributed by atoms with Crippen LogP contribution in [-0.4, -0.2) is 34.7 Å². The maximum Gasteiger partial charge on any atom is 0.233 e. The molecule has 0 unspecified atom stereocenters. The van der Waals surface area contributed by atoms with E-state index in [1.54, 1.807) is 12.1 Å². The molecule has 0 saturated carbocycles. The van der Waals surface area contributed by atoms with E-state index in [1.165, 1.54) is 12.1 Å². The summed E-state index contributed by atoms with van der Waals surface area (Å²) in [4.78, 5) is 0. The molecule has 6 nitrogen and oxygen atoms in total. The Labute approximate surface area is 111 Å². The molecule has 1 aromatic rings. The highest BCUT2D eigenvalue weighted by atomic mass is 35.5. The topological polar surface area (TPSA) is 92.3 Å². The number of hydrogen-bond acceptors (Lipinski definition) is 4. The summed E-state index contributed by atoms with van der Waals surface area (Å²) < 4.78 is 49.9. The number of sulfonamides is 2. The number of alkyl halides is 1. The molecular formula is C9H13ClN2O4S2. The zero-order chi connectivity index (χ0) is 13.8. The number of para-hydroxylation sites is 2. The van der Waals surface area contributed by atoms with E-state index in [9.17, 15) is 16.8 Å². The zero-order valence-corrected chi connectivity index (χ0v) is 11.9. The van der Waals surface area contributed by atoms with E-state index in [0.29, 0.717) is 0 Å². The van der Waals surface area contributed by atoms with Crippen LogP contribution in [0.15, 0.2) is 24.3 Å². The van der Waals surface area contributed by atoms with Crippen molar-refractivity contribution in [3.05, 3.63) is 24.3 Å². The second kappa shape index (κ2) is 5.77. The first-order valence-corrected chi connectivity index (χ1v) is 8.94. The van der Waals surface area contributed by atoms with Crippen LogP contribution in [0, 0.1) is 0 Å². The smallest absolute Gasteiger partial charge is 0.233 e. The van der Waals surface area contributed by atoms with Crippen molar-refractivity contribution >= 4 is 43.0 Å². The average molecular weight is 313 g/mol. The van der Waals surface area contributed by atoms with Crippen molar-refractivity contribution in [2.24, 2.45) is 0 Å². The average Bonchev–Trinajstić information content (AvgIpc) is 2.18. The summed E-state index contributed by atoms with van der Waals surface area (Å²) in [7, 11) is -7.06. The number of benzene rings is 1. The van der Waals surface area contributed by atoms with Gasteiger partial charge < -0.3 is 0 Å². The summed E-state index contributed by atoms with van der Waals surface area (Å²) in [6.07, 6.45) is 0.983. The van der Waals surface area contributed by atoms with Crippen LogP contribution < -0.4 is 9.44 Å². The molecule has 0 atom stereocenters. The van der Waals surface area contributed by atoms with Crippen LogP contribution in [-0.2, 0) is 20.0 Å². The van der Waals surface area contributed by atoms with Crippen LogP contribution in [0.2, 0.25) is 0 Å². The third kappa shape index (κ3) is 5.11. The number of rotatable bonds is 6. The Hall–Kier alpha value is -0.990. The van der Waals surface area contributed by atoms with Gasteiger partial charge in [-0.3, -0.25) is 9.44 Å². The number of anilines is 2. The first kappa shape index (κ1) is 15.1. The van der Waals surface area contributed by atoms with Gasteiger partial charge in [-0.05, 0) is 12.1 Å². The second-order valence-corrected chi connectivity index (χ2v) is 7.50. The Morgan fingerprint density at radius 1 is 1.06 bits per heavy atom. The van der Waals surface area contributed by atoms with Gasteiger partial charge in [-0.2, -0.15) is 0 Å². The van der Waals surface area contributed by atoms with Crippen LogP contribution in [0.1, 0.15) is 0 Å². The molecule has 0 bridgehead atoms. The number of hydrogen-bond donors (Lipinski definition) is 2. The SMILES string of the molecule is CS(=O)(=O)Nc1ccccc1NS(=O)(=O)CCCl. The van der Waals surface area contributed by atoms with Crippen molar-refractivity contribution in [2.45, 2.75) is 0 Å². The van der Waals surface area contributed by atoms with Crippen molar-refractivity contribution < 1.29 is 16.8 Å². The fourth-order valence-electron chi connectivity index (χ4n) is 1.18. The lowest BCUT2D eigenvalue weighted by molar-refractivity contribution is 0.601. The molecule has 1 aromatic carbocycles. The first-order valence-electron chi connectivity index (χ1n) is 4.87. The molecule has 9 heteroatoms. The van der Waals surface area contributed by atoms with Crippen LogP contribution in [0.3, 0.4) is 0 Å². The third-order valence-electron chi connectivity index (χ3n) is 1.83. The van der Waals surface area contributed by atoms with Gasteiger partial charge >= 0.3 is 0 Å². The Balaban J connectivity index is 3.03. The highest BCUT2D eigenvalue weighted by Crippen LogP contribution is 2.23. The Morgan fingerprint density at radius 2 is 1.56 bits per heavy atom. The van der Waals surface area contributed by atoms with Crippen molar-refractivity contribution in [1.29, 1.82) is 0 Å². The molecule has 1 rings (SSSR count). The molecule has 2 N–H and O–H groups in total. The van der Waals surface area contributed by atoms with Crippen molar-refractivity contribution in [1.82, 2.24) is 0 Å². The fraction of sp³-hybridized carbons (Fsp3) is 0.333. The lowest BCUT2D eigenvalue weighted by atomic mass is 10.3. The van der Waals surface area contributed by atoms with Gasteiger partial charge in [-0.1, -0.05) is 12.1 Å². The van der Waals surface area contributed by atoms with E-state index in [4.69, 9.17) is 11.6 Å². The van der Waals surface area contributed by atoms with Gasteiger partial charge in [0.15, 0.2) is 0 Å². The van der Waals surface area contributed by atoms with Crippen molar-refractivity contribution in [3.63, 3.8) is 0 Å². The lowest BCUT2D eigenvalue weighted by Crippen LogP contribution is -2.19. The maximum atomic E-state index is 11.5. The summed E-state index contributed by atoms with van der Waals surface area (Å²) >= 11 is 5.37. The Bertz CT molecular complexity index is 613. The van der Waals surface area contributed by atoms with E-state index in [-0.39, 0.29) is 23.0 Å². The van der Waals surface area contributed by atoms with Gasteiger partial charge in [-0.25, -0.2) is 16.8 Å². The molecule has 18 heavy (non-hydrogen) atoms. The summed E-state index contributed by atoms with van der Waals surface area (Å²) in [5.74, 6) is -0.293. The summed E-state index contributed by atoms with van der Waals surface area (Å²) in [5.41, 5.74) is 0.325. The van der Waals surface area contributed by atoms with Gasteiger partial charge in [-0.15, -0.1) is 11.6 Å². The molecule has 0 aliphatic heterocycles. The fourth-order valence-corrected chi connectivity index (χ4v) is 3.19. The Kier molecular flexibility index (Phi) is 4.83. The maximum absolute atomic E-state index is 11.5. The molecule has 0 aromatic heterocycles. The molecule has 0 saturated heterocycles. The van der Waals surface area contributed by atoms with Gasteiger partial charge in [0.2, 0.25) is 20.0 Å². The van der Waals surface area contributed by atoms with Crippen LogP contribution in [0.5, 0.6) is 0 Å². The molecule has 0 aliphatic rings. The summed E-state index contributed by atoms with van der Waals surface area (Å²) in [5, 5.41) is 0. The molecule has 0 radical (unpaired) electrons. The normalized spacial score (nSPS) is 12.1. The number of nitrogens with one attached hydrogen (secondary N) is 2. The lowest BCUT2D eigenvalue weighted by Gasteiger charge is -2.12. The van der Waals surface area contributed by atoms with Gasteiger partial charge in [0.1, 0.15) is 0 Å². The minimum absolute atomic E-state index is 0.0446. The zero-order valence-electron chi connectivity index (χ0n) is 9.55. The quantitative estimate of drug-likeness (QED) is 0.768. The molecule has 0 heterocycles. The third-order valence-corrected chi connectivity index (χ3v) is 4.11. The molecular weight excluding hydrogens is 300 g/mol. The van der Waals surface area contributed by atoms with Crippen LogP contribution >= 0.6 is 11.6 Å². The van der Waals surface area contributed by atoms with Gasteiger partial charge in [0, 0.05) is 5.88 Å². The molecule has 0 spiro atoms. The van der Waals surface area contributed by atoms with Crippen LogP contribution in [0.4, 0.5) is 11.4 Å². The minimum Gasteiger partial charge on any atom is -0.282 e. The summed E-state index contributed by atoms with van der Waals surface area (Å²) in [6, 6.07) is 6.10. The van der Waals surface area contributed by atoms with Gasteiger partial charge in [0.25, 0.3) is 0 Å². The molecule has 0 aliphatic carbocycles. The molecule has 102 valence electrons. The van der Waals surface area contributed by atoms with Crippen molar-refractivity contribution in [2.75, 3.05) is 27.3 Å². The van der Waals surface area contributed by atoms with E-state index < -0.39 is 20.0 Å². The van der Waals surface area contributed by atoms with Gasteiger partial charge in [0.05, 0.1) is 23.4 Å². The Morgan fingerprint density at radius 3 is 2.00 bits per heavy atom. The van der Waals surface area contributed by atoms with Crippen LogP contribution in [0.25, 0.3) is 0 Å². The number of halogens is 1. The monoisotopic (exact) mass is 312 g/mol. The largest absolute Gasteiger partial charge is 0.282 e. The second-order valence-electron chi connectivity index (χ2n) is 3.53. The predicted molar refractivity (Wildman–Crippen MR) is 73.0 cm³/mol. The van der Waals surface area contributed by atoms with E-state index >= 15 is 0 Å².